The van der Waals surface area contributed by atoms with Crippen LogP contribution in [0.1, 0.15) is 31.7 Å². The second-order valence-corrected chi connectivity index (χ2v) is 4.29. The third kappa shape index (κ3) is 4.45. The van der Waals surface area contributed by atoms with Crippen LogP contribution in [0, 0.1) is 0 Å². The number of nitrogens with two attached hydrogens (primary N) is 1. The van der Waals surface area contributed by atoms with Crippen molar-refractivity contribution in [1.29, 1.82) is 0 Å². The fraction of sp³-hybridized carbons (Fsp3) is 0.462. The molecular formula is C13H20N2O. The van der Waals surface area contributed by atoms with Crippen molar-refractivity contribution in [3.63, 3.8) is 0 Å². The molecule has 3 N–H and O–H groups in total. The van der Waals surface area contributed by atoms with E-state index in [2.05, 4.69) is 24.4 Å². The first kappa shape index (κ1) is 12.7. The minimum atomic E-state index is -0.257. The van der Waals surface area contributed by atoms with Crippen LogP contribution >= 0.6 is 0 Å². The minimum Gasteiger partial charge on any atom is -0.370 e. The monoisotopic (exact) mass is 220 g/mol. The molecule has 3 heteroatoms. The van der Waals surface area contributed by atoms with Crippen molar-refractivity contribution in [2.24, 2.45) is 5.73 Å². The molecule has 0 saturated carbocycles. The molecule has 0 bridgehead atoms. The topological polar surface area (TPSA) is 55.1 Å². The van der Waals surface area contributed by atoms with E-state index in [0.717, 1.165) is 6.54 Å². The van der Waals surface area contributed by atoms with Crippen LogP contribution in [-0.4, -0.2) is 18.5 Å². The van der Waals surface area contributed by atoms with Crippen LogP contribution in [0.5, 0.6) is 0 Å². The molecule has 16 heavy (non-hydrogen) atoms. The Labute approximate surface area is 97.0 Å². The molecule has 88 valence electrons. The largest absolute Gasteiger partial charge is 0.370 e. The van der Waals surface area contributed by atoms with E-state index in [1.165, 1.54) is 5.56 Å². The molecule has 1 aromatic rings. The predicted octanol–water partition coefficient (Wildman–Crippen LogP) is 1.64. The lowest BCUT2D eigenvalue weighted by molar-refractivity contribution is -0.118. The van der Waals surface area contributed by atoms with Gasteiger partial charge in [-0.15, -0.1) is 0 Å². The smallest absolute Gasteiger partial charge is 0.218 e. The summed E-state index contributed by atoms with van der Waals surface area (Å²) in [4.78, 5) is 10.7. The first-order valence-corrected chi connectivity index (χ1v) is 5.66. The Morgan fingerprint density at radius 2 is 1.94 bits per heavy atom. The molecule has 0 aliphatic carbocycles. The molecule has 1 amide bonds. The lowest BCUT2D eigenvalue weighted by Gasteiger charge is -2.17. The normalized spacial score (nSPS) is 14.4. The number of amides is 1. The quantitative estimate of drug-likeness (QED) is 0.765. The van der Waals surface area contributed by atoms with Gasteiger partial charge in [-0.25, -0.2) is 0 Å². The van der Waals surface area contributed by atoms with Gasteiger partial charge < -0.3 is 11.1 Å². The minimum absolute atomic E-state index is 0.142. The third-order valence-corrected chi connectivity index (χ3v) is 2.65. The second kappa shape index (κ2) is 6.28. The molecule has 3 nitrogen and oxygen atoms in total. The number of primary amides is 1. The summed E-state index contributed by atoms with van der Waals surface area (Å²) in [7, 11) is 0. The zero-order valence-electron chi connectivity index (χ0n) is 9.94. The van der Waals surface area contributed by atoms with Crippen molar-refractivity contribution in [2.75, 3.05) is 6.54 Å². The van der Waals surface area contributed by atoms with E-state index in [9.17, 15) is 4.79 Å². The molecular weight excluding hydrogens is 200 g/mol. The van der Waals surface area contributed by atoms with Crippen molar-refractivity contribution in [3.8, 4) is 0 Å². The van der Waals surface area contributed by atoms with Crippen LogP contribution in [0.15, 0.2) is 30.3 Å². The highest BCUT2D eigenvalue weighted by Gasteiger charge is 2.08. The number of hydrogen-bond donors (Lipinski definition) is 2. The molecule has 0 aliphatic rings. The van der Waals surface area contributed by atoms with Gasteiger partial charge in [0.05, 0.1) is 0 Å². The highest BCUT2D eigenvalue weighted by Crippen LogP contribution is 2.13. The molecule has 2 atom stereocenters. The summed E-state index contributed by atoms with van der Waals surface area (Å²) in [5.41, 5.74) is 6.44. The lowest BCUT2D eigenvalue weighted by Crippen LogP contribution is -2.33. The summed E-state index contributed by atoms with van der Waals surface area (Å²) in [6.07, 6.45) is 0.390. The maximum absolute atomic E-state index is 10.7. The van der Waals surface area contributed by atoms with Gasteiger partial charge in [-0.3, -0.25) is 4.79 Å². The maximum Gasteiger partial charge on any atom is 0.218 e. The fourth-order valence-corrected chi connectivity index (χ4v) is 1.65. The number of carbonyl (C=O) groups is 1. The third-order valence-electron chi connectivity index (χ3n) is 2.65. The lowest BCUT2D eigenvalue weighted by atomic mass is 10.0. The molecule has 0 heterocycles. The maximum atomic E-state index is 10.7. The predicted molar refractivity (Wildman–Crippen MR) is 66.1 cm³/mol. The molecule has 0 aliphatic heterocycles. The van der Waals surface area contributed by atoms with Gasteiger partial charge in [0.25, 0.3) is 0 Å². The summed E-state index contributed by atoms with van der Waals surface area (Å²) in [5, 5.41) is 3.31. The van der Waals surface area contributed by atoms with Gasteiger partial charge in [-0.2, -0.15) is 0 Å². The molecule has 0 fully saturated rings. The van der Waals surface area contributed by atoms with Gasteiger partial charge >= 0.3 is 0 Å². The first-order valence-electron chi connectivity index (χ1n) is 5.66. The summed E-state index contributed by atoms with van der Waals surface area (Å²) in [6, 6.07) is 10.5. The van der Waals surface area contributed by atoms with Crippen molar-refractivity contribution in [2.45, 2.75) is 32.2 Å². The molecule has 1 aromatic carbocycles. The van der Waals surface area contributed by atoms with Crippen molar-refractivity contribution in [1.82, 2.24) is 5.32 Å². The number of hydrogen-bond acceptors (Lipinski definition) is 2. The van der Waals surface area contributed by atoms with Crippen LogP contribution in [0.3, 0.4) is 0 Å². The summed E-state index contributed by atoms with van der Waals surface area (Å²) in [5.74, 6) is 0.184. The molecule has 0 radical (unpaired) electrons. The Hall–Kier alpha value is -1.35. The van der Waals surface area contributed by atoms with E-state index in [-0.39, 0.29) is 11.9 Å². The van der Waals surface area contributed by atoms with Crippen molar-refractivity contribution >= 4 is 5.91 Å². The van der Waals surface area contributed by atoms with Gasteiger partial charge in [0.2, 0.25) is 5.91 Å². The van der Waals surface area contributed by atoms with Crippen LogP contribution in [-0.2, 0) is 4.79 Å². The molecule has 0 spiro atoms. The zero-order chi connectivity index (χ0) is 12.0. The van der Waals surface area contributed by atoms with E-state index < -0.39 is 0 Å². The average Bonchev–Trinajstić information content (AvgIpc) is 2.26. The van der Waals surface area contributed by atoms with E-state index in [0.29, 0.717) is 12.3 Å². The molecule has 0 aromatic heterocycles. The van der Waals surface area contributed by atoms with Crippen LogP contribution in [0.4, 0.5) is 0 Å². The standard InChI is InChI=1S/C13H20N2O/c1-10(12-6-4-3-5-7-12)9-15-11(2)8-13(14)16/h3-7,10-11,15H,8-9H2,1-2H3,(H2,14,16)/t10-,11-/m1/s1. The Morgan fingerprint density at radius 1 is 1.31 bits per heavy atom. The SMILES string of the molecule is C[C@H](CC(N)=O)NC[C@@H](C)c1ccccc1. The van der Waals surface area contributed by atoms with E-state index in [1.54, 1.807) is 0 Å². The van der Waals surface area contributed by atoms with E-state index in [1.807, 2.05) is 25.1 Å². The van der Waals surface area contributed by atoms with Gasteiger partial charge in [-0.1, -0.05) is 37.3 Å². The Balaban J connectivity index is 2.35. The second-order valence-electron chi connectivity index (χ2n) is 4.29. The van der Waals surface area contributed by atoms with Gasteiger partial charge in [0, 0.05) is 19.0 Å². The number of nitrogens with one attached hydrogen (secondary N) is 1. The zero-order valence-corrected chi connectivity index (χ0v) is 9.94. The van der Waals surface area contributed by atoms with Crippen molar-refractivity contribution < 1.29 is 4.79 Å². The average molecular weight is 220 g/mol. The van der Waals surface area contributed by atoms with Gasteiger partial charge in [0.1, 0.15) is 0 Å². The summed E-state index contributed by atoms with van der Waals surface area (Å²) < 4.78 is 0. The number of rotatable bonds is 6. The molecule has 0 saturated heterocycles. The first-order chi connectivity index (χ1) is 7.59. The van der Waals surface area contributed by atoms with Crippen LogP contribution in [0.2, 0.25) is 0 Å². The molecule has 0 unspecified atom stereocenters. The highest BCUT2D eigenvalue weighted by atomic mass is 16.1. The Morgan fingerprint density at radius 3 is 2.50 bits per heavy atom. The Bertz CT molecular complexity index is 324. The summed E-state index contributed by atoms with van der Waals surface area (Å²) in [6.45, 7) is 5.00. The molecule has 1 rings (SSSR count). The van der Waals surface area contributed by atoms with E-state index >= 15 is 0 Å². The van der Waals surface area contributed by atoms with Gasteiger partial charge in [-0.05, 0) is 18.4 Å². The number of carbonyl (C=O) groups excluding carboxylic acids is 1. The van der Waals surface area contributed by atoms with Crippen molar-refractivity contribution in [3.05, 3.63) is 35.9 Å². The fourth-order valence-electron chi connectivity index (χ4n) is 1.65. The Kier molecular flexibility index (Phi) is 4.99. The van der Waals surface area contributed by atoms with Crippen LogP contribution in [0.25, 0.3) is 0 Å². The summed E-state index contributed by atoms with van der Waals surface area (Å²) >= 11 is 0. The van der Waals surface area contributed by atoms with Gasteiger partial charge in [0.15, 0.2) is 0 Å². The highest BCUT2D eigenvalue weighted by molar-refractivity contribution is 5.74. The van der Waals surface area contributed by atoms with Crippen LogP contribution < -0.4 is 11.1 Å². The number of benzene rings is 1. The van der Waals surface area contributed by atoms with E-state index in [4.69, 9.17) is 5.73 Å².